The van der Waals surface area contributed by atoms with Crippen molar-refractivity contribution in [3.63, 3.8) is 0 Å². The molecule has 34 heavy (non-hydrogen) atoms. The number of aryl methyl sites for hydroxylation is 1. The molecule has 2 atom stereocenters. The van der Waals surface area contributed by atoms with Gasteiger partial charge in [-0.25, -0.2) is 4.79 Å². The Hall–Kier alpha value is -3.57. The summed E-state index contributed by atoms with van der Waals surface area (Å²) in [6.07, 6.45) is 4.06. The van der Waals surface area contributed by atoms with Crippen LogP contribution in [0.3, 0.4) is 0 Å². The first kappa shape index (κ1) is 22.2. The topological polar surface area (TPSA) is 65.6 Å². The van der Waals surface area contributed by atoms with Crippen molar-refractivity contribution in [3.8, 4) is 5.75 Å². The molecule has 5 nitrogen and oxygen atoms in total. The second kappa shape index (κ2) is 9.35. The smallest absolute Gasteiger partial charge is 0.335 e. The van der Waals surface area contributed by atoms with Crippen LogP contribution in [-0.2, 0) is 6.54 Å². The third-order valence-corrected chi connectivity index (χ3v) is 7.22. The minimum Gasteiger partial charge on any atom is -0.496 e. The highest BCUT2D eigenvalue weighted by Gasteiger charge is 2.31. The van der Waals surface area contributed by atoms with Crippen LogP contribution in [0.1, 0.15) is 57.4 Å². The highest BCUT2D eigenvalue weighted by atomic mass is 16.5. The standard InChI is InChI=1S/C29H30N2O3/c1-19-16-27(34-2)25(24-12-14-30-28(19)24)18-31-15-13-23(20-6-4-3-5-7-20)17-26(31)21-8-10-22(11-9-21)29(32)33/h3-12,14,16,23,26,30H,13,15,17-18H2,1-2H3,(H,32,33)/t23-,26+/m1/s1. The summed E-state index contributed by atoms with van der Waals surface area (Å²) in [5.41, 5.74) is 6.36. The van der Waals surface area contributed by atoms with E-state index in [1.54, 1.807) is 19.2 Å². The molecule has 174 valence electrons. The van der Waals surface area contributed by atoms with Crippen LogP contribution in [0.15, 0.2) is 72.9 Å². The van der Waals surface area contributed by atoms with Gasteiger partial charge in [0.05, 0.1) is 12.7 Å². The number of aromatic nitrogens is 1. The van der Waals surface area contributed by atoms with Gasteiger partial charge >= 0.3 is 5.97 Å². The molecule has 2 N–H and O–H groups in total. The summed E-state index contributed by atoms with van der Waals surface area (Å²) in [5.74, 6) is 0.483. The van der Waals surface area contributed by atoms with Crippen LogP contribution in [0.5, 0.6) is 5.75 Å². The maximum absolute atomic E-state index is 11.4. The van der Waals surface area contributed by atoms with Gasteiger partial charge in [0.25, 0.3) is 0 Å². The number of fused-ring (bicyclic) bond motifs is 1. The fourth-order valence-corrected chi connectivity index (χ4v) is 5.41. The van der Waals surface area contributed by atoms with Crippen molar-refractivity contribution in [1.82, 2.24) is 9.88 Å². The Balaban J connectivity index is 1.51. The predicted octanol–water partition coefficient (Wildman–Crippen LogP) is 6.30. The summed E-state index contributed by atoms with van der Waals surface area (Å²) in [5, 5.41) is 10.6. The Morgan fingerprint density at radius 3 is 2.56 bits per heavy atom. The number of likely N-dealkylation sites (tertiary alicyclic amines) is 1. The molecule has 1 aliphatic heterocycles. The number of benzene rings is 3. The van der Waals surface area contributed by atoms with E-state index in [0.717, 1.165) is 42.8 Å². The first-order valence-corrected chi connectivity index (χ1v) is 11.8. The first-order chi connectivity index (χ1) is 16.5. The van der Waals surface area contributed by atoms with Gasteiger partial charge in [-0.3, -0.25) is 4.90 Å². The summed E-state index contributed by atoms with van der Waals surface area (Å²) in [6, 6.07) is 22.5. The lowest BCUT2D eigenvalue weighted by Crippen LogP contribution is -2.36. The Labute approximate surface area is 200 Å². The number of carboxylic acid groups (broad SMARTS) is 1. The maximum atomic E-state index is 11.4. The van der Waals surface area contributed by atoms with E-state index in [4.69, 9.17) is 4.74 Å². The fraction of sp³-hybridized carbons (Fsp3) is 0.276. The summed E-state index contributed by atoms with van der Waals surface area (Å²) in [6.45, 7) is 3.82. The third-order valence-electron chi connectivity index (χ3n) is 7.22. The molecule has 0 radical (unpaired) electrons. The van der Waals surface area contributed by atoms with Gasteiger partial charge in [-0.05, 0) is 73.2 Å². The zero-order valence-electron chi connectivity index (χ0n) is 19.6. The Morgan fingerprint density at radius 2 is 1.85 bits per heavy atom. The fourth-order valence-electron chi connectivity index (χ4n) is 5.41. The molecule has 0 spiro atoms. The summed E-state index contributed by atoms with van der Waals surface area (Å²) < 4.78 is 5.81. The van der Waals surface area contributed by atoms with E-state index in [-0.39, 0.29) is 6.04 Å². The average molecular weight is 455 g/mol. The summed E-state index contributed by atoms with van der Waals surface area (Å²) in [4.78, 5) is 17.3. The van der Waals surface area contributed by atoms with Crippen LogP contribution in [0.25, 0.3) is 10.9 Å². The highest BCUT2D eigenvalue weighted by Crippen LogP contribution is 2.42. The number of piperidine rings is 1. The van der Waals surface area contributed by atoms with Crippen LogP contribution in [0.4, 0.5) is 0 Å². The second-order valence-electron chi connectivity index (χ2n) is 9.19. The van der Waals surface area contributed by atoms with Gasteiger partial charge in [0, 0.05) is 35.2 Å². The van der Waals surface area contributed by atoms with Crippen LogP contribution < -0.4 is 4.74 Å². The molecule has 2 heterocycles. The molecule has 1 saturated heterocycles. The van der Waals surface area contributed by atoms with Crippen molar-refractivity contribution >= 4 is 16.9 Å². The van der Waals surface area contributed by atoms with Crippen molar-refractivity contribution in [3.05, 3.63) is 101 Å². The second-order valence-corrected chi connectivity index (χ2v) is 9.19. The van der Waals surface area contributed by atoms with Crippen molar-refractivity contribution in [2.75, 3.05) is 13.7 Å². The van der Waals surface area contributed by atoms with Crippen LogP contribution in [0.2, 0.25) is 0 Å². The van der Waals surface area contributed by atoms with Gasteiger partial charge in [0.1, 0.15) is 5.75 Å². The molecular formula is C29H30N2O3. The van der Waals surface area contributed by atoms with Crippen molar-refractivity contribution in [2.24, 2.45) is 0 Å². The van der Waals surface area contributed by atoms with Crippen molar-refractivity contribution in [2.45, 2.75) is 38.3 Å². The van der Waals surface area contributed by atoms with E-state index in [1.807, 2.05) is 18.3 Å². The van der Waals surface area contributed by atoms with Gasteiger partial charge in [-0.2, -0.15) is 0 Å². The predicted molar refractivity (Wildman–Crippen MR) is 135 cm³/mol. The van der Waals surface area contributed by atoms with Gasteiger partial charge in [0.2, 0.25) is 0 Å². The highest BCUT2D eigenvalue weighted by molar-refractivity contribution is 5.88. The number of methoxy groups -OCH3 is 1. The van der Waals surface area contributed by atoms with E-state index in [0.29, 0.717) is 11.5 Å². The number of H-pyrrole nitrogens is 1. The number of aromatic carboxylic acids is 1. The number of carbonyl (C=O) groups is 1. The molecule has 3 aromatic carbocycles. The zero-order valence-corrected chi connectivity index (χ0v) is 19.6. The van der Waals surface area contributed by atoms with Crippen molar-refractivity contribution < 1.29 is 14.6 Å². The Morgan fingerprint density at radius 1 is 1.09 bits per heavy atom. The van der Waals surface area contributed by atoms with E-state index in [1.165, 1.54) is 22.1 Å². The number of rotatable bonds is 6. The maximum Gasteiger partial charge on any atom is 0.335 e. The molecule has 1 aliphatic rings. The quantitative estimate of drug-likeness (QED) is 0.359. The zero-order chi connectivity index (χ0) is 23.7. The molecule has 0 bridgehead atoms. The molecule has 1 fully saturated rings. The molecule has 0 amide bonds. The van der Waals surface area contributed by atoms with Gasteiger partial charge < -0.3 is 14.8 Å². The number of nitrogens with one attached hydrogen (secondary N) is 1. The van der Waals surface area contributed by atoms with E-state index < -0.39 is 5.97 Å². The lowest BCUT2D eigenvalue weighted by Gasteiger charge is -2.40. The SMILES string of the molecule is COc1cc(C)c2[nH]ccc2c1CN1CC[C@@H](c2ccccc2)C[C@H]1c1ccc(C(=O)O)cc1. The normalized spacial score (nSPS) is 18.8. The largest absolute Gasteiger partial charge is 0.496 e. The number of ether oxygens (including phenoxy) is 1. The van der Waals surface area contributed by atoms with E-state index in [2.05, 4.69) is 59.3 Å². The number of hydrogen-bond donors (Lipinski definition) is 2. The van der Waals surface area contributed by atoms with E-state index in [9.17, 15) is 9.90 Å². The molecule has 4 aromatic rings. The molecule has 0 saturated carbocycles. The Kier molecular flexibility index (Phi) is 6.12. The van der Waals surface area contributed by atoms with Crippen LogP contribution in [0, 0.1) is 6.92 Å². The minimum atomic E-state index is -0.895. The number of hydrogen-bond acceptors (Lipinski definition) is 3. The molecule has 5 heteroatoms. The van der Waals surface area contributed by atoms with Gasteiger partial charge in [-0.1, -0.05) is 42.5 Å². The van der Waals surface area contributed by atoms with Gasteiger partial charge in [0.15, 0.2) is 0 Å². The minimum absolute atomic E-state index is 0.182. The van der Waals surface area contributed by atoms with E-state index >= 15 is 0 Å². The third kappa shape index (κ3) is 4.19. The molecule has 5 rings (SSSR count). The number of carboxylic acids is 1. The number of nitrogens with zero attached hydrogens (tertiary/aromatic N) is 1. The lowest BCUT2D eigenvalue weighted by molar-refractivity contribution is 0.0696. The molecule has 1 aromatic heterocycles. The van der Waals surface area contributed by atoms with Crippen molar-refractivity contribution in [1.29, 1.82) is 0 Å². The van der Waals surface area contributed by atoms with Gasteiger partial charge in [-0.15, -0.1) is 0 Å². The summed E-state index contributed by atoms with van der Waals surface area (Å²) in [7, 11) is 1.74. The monoisotopic (exact) mass is 454 g/mol. The molecule has 0 aliphatic carbocycles. The number of aromatic amines is 1. The first-order valence-electron chi connectivity index (χ1n) is 11.8. The van der Waals surface area contributed by atoms with Crippen LogP contribution >= 0.6 is 0 Å². The average Bonchev–Trinajstić information content (AvgIpc) is 3.37. The van der Waals surface area contributed by atoms with Crippen LogP contribution in [-0.4, -0.2) is 34.6 Å². The Bertz CT molecular complexity index is 1290. The molecule has 0 unspecified atom stereocenters. The summed E-state index contributed by atoms with van der Waals surface area (Å²) >= 11 is 0. The molecular weight excluding hydrogens is 424 g/mol. The lowest BCUT2D eigenvalue weighted by atomic mass is 9.82.